The largest absolute Gasteiger partial charge is 0.489 e. The third-order valence-corrected chi connectivity index (χ3v) is 5.93. The topological polar surface area (TPSA) is 64.9 Å². The lowest BCUT2D eigenvalue weighted by atomic mass is 10.2. The lowest BCUT2D eigenvalue weighted by molar-refractivity contribution is 0.306. The van der Waals surface area contributed by atoms with Crippen molar-refractivity contribution in [2.24, 2.45) is 0 Å². The number of benzene rings is 3. The van der Waals surface area contributed by atoms with Crippen LogP contribution in [-0.4, -0.2) is 32.5 Å². The molecule has 4 rings (SSSR count). The van der Waals surface area contributed by atoms with E-state index < -0.39 is 0 Å². The van der Waals surface area contributed by atoms with Gasteiger partial charge in [-0.15, -0.1) is 5.10 Å². The van der Waals surface area contributed by atoms with Crippen molar-refractivity contribution in [3.63, 3.8) is 0 Å². The summed E-state index contributed by atoms with van der Waals surface area (Å²) in [5.74, 6) is 1.84. The quantitative estimate of drug-likeness (QED) is 0.264. The van der Waals surface area contributed by atoms with Gasteiger partial charge in [0.15, 0.2) is 0 Å². The molecule has 6 nitrogen and oxygen atoms in total. The van der Waals surface area contributed by atoms with Gasteiger partial charge in [-0.25, -0.2) is 0 Å². The van der Waals surface area contributed by atoms with E-state index in [1.807, 2.05) is 42.5 Å². The maximum absolute atomic E-state index is 5.95. The molecule has 0 spiro atoms. The van der Waals surface area contributed by atoms with E-state index in [1.165, 1.54) is 16.7 Å². The van der Waals surface area contributed by atoms with E-state index in [1.54, 1.807) is 16.4 Å². The average Bonchev–Trinajstić information content (AvgIpc) is 3.30. The number of hydrogen-bond donors (Lipinski definition) is 1. The minimum Gasteiger partial charge on any atom is -0.489 e. The molecule has 0 radical (unpaired) electrons. The fraction of sp³-hybridized carbons (Fsp3) is 0.240. The highest BCUT2D eigenvalue weighted by Crippen LogP contribution is 2.19. The fourth-order valence-electron chi connectivity index (χ4n) is 3.19. The Labute approximate surface area is 193 Å². The summed E-state index contributed by atoms with van der Waals surface area (Å²) in [5.41, 5.74) is 4.62. The van der Waals surface area contributed by atoms with Gasteiger partial charge in [-0.05, 0) is 65.7 Å². The van der Waals surface area contributed by atoms with E-state index in [2.05, 4.69) is 64.2 Å². The molecule has 0 amide bonds. The number of hydrogen-bond acceptors (Lipinski definition) is 6. The summed E-state index contributed by atoms with van der Waals surface area (Å²) in [4.78, 5) is 0. The highest BCUT2D eigenvalue weighted by molar-refractivity contribution is 7.99. The van der Waals surface area contributed by atoms with Crippen LogP contribution in [0.3, 0.4) is 0 Å². The van der Waals surface area contributed by atoms with Crippen molar-refractivity contribution in [1.82, 2.24) is 25.5 Å². The molecule has 0 aliphatic heterocycles. The van der Waals surface area contributed by atoms with Crippen molar-refractivity contribution < 1.29 is 4.74 Å². The summed E-state index contributed by atoms with van der Waals surface area (Å²) in [6.07, 6.45) is 1.02. The second kappa shape index (κ2) is 11.5. The van der Waals surface area contributed by atoms with Gasteiger partial charge in [0.1, 0.15) is 12.4 Å². The number of thioether (sulfide) groups is 1. The number of ether oxygens (including phenoxy) is 1. The number of aromatic nitrogens is 4. The molecule has 7 heteroatoms. The molecule has 164 valence electrons. The summed E-state index contributed by atoms with van der Waals surface area (Å²) in [5, 5.41) is 16.4. The molecule has 1 heterocycles. The highest BCUT2D eigenvalue weighted by atomic mass is 32.2. The number of nitrogens with one attached hydrogen (secondary N) is 1. The first kappa shape index (κ1) is 22.0. The third kappa shape index (κ3) is 6.42. The molecule has 1 N–H and O–H groups in total. The number of nitrogens with zero attached hydrogens (tertiary/aromatic N) is 4. The van der Waals surface area contributed by atoms with Crippen LogP contribution in [0, 0.1) is 6.92 Å². The van der Waals surface area contributed by atoms with Crippen LogP contribution in [0.4, 0.5) is 0 Å². The smallest absolute Gasteiger partial charge is 0.214 e. The van der Waals surface area contributed by atoms with Gasteiger partial charge < -0.3 is 10.1 Å². The Morgan fingerprint density at radius 3 is 2.62 bits per heavy atom. The monoisotopic (exact) mass is 445 g/mol. The Morgan fingerprint density at radius 2 is 1.78 bits per heavy atom. The van der Waals surface area contributed by atoms with Crippen molar-refractivity contribution in [3.8, 4) is 11.4 Å². The molecule has 0 saturated heterocycles. The van der Waals surface area contributed by atoms with Gasteiger partial charge in [0.25, 0.3) is 0 Å². The lowest BCUT2D eigenvalue weighted by Crippen LogP contribution is -2.15. The van der Waals surface area contributed by atoms with Crippen LogP contribution in [0.15, 0.2) is 84.0 Å². The highest BCUT2D eigenvalue weighted by Gasteiger charge is 2.08. The lowest BCUT2D eigenvalue weighted by Gasteiger charge is -2.09. The van der Waals surface area contributed by atoms with E-state index in [0.29, 0.717) is 6.61 Å². The van der Waals surface area contributed by atoms with Crippen molar-refractivity contribution in [3.05, 3.63) is 95.6 Å². The molecular weight excluding hydrogens is 418 g/mol. The molecule has 1 aromatic heterocycles. The summed E-state index contributed by atoms with van der Waals surface area (Å²) in [7, 11) is 0. The zero-order valence-electron chi connectivity index (χ0n) is 18.1. The van der Waals surface area contributed by atoms with Crippen LogP contribution in [0.2, 0.25) is 0 Å². The van der Waals surface area contributed by atoms with Crippen LogP contribution in [0.25, 0.3) is 5.69 Å². The summed E-state index contributed by atoms with van der Waals surface area (Å²) < 4.78 is 7.73. The molecule has 0 bridgehead atoms. The SMILES string of the molecule is Cc1ccc(COc2cccc(CNCCCSc3nnnn3-c3ccccc3)c2)cc1. The van der Waals surface area contributed by atoms with Crippen LogP contribution >= 0.6 is 11.8 Å². The van der Waals surface area contributed by atoms with Gasteiger partial charge in [0, 0.05) is 12.3 Å². The van der Waals surface area contributed by atoms with E-state index in [4.69, 9.17) is 4.74 Å². The van der Waals surface area contributed by atoms with Gasteiger partial charge in [-0.1, -0.05) is 71.9 Å². The second-order valence-electron chi connectivity index (χ2n) is 7.51. The zero-order chi connectivity index (χ0) is 22.0. The first-order valence-electron chi connectivity index (χ1n) is 10.7. The number of para-hydroxylation sites is 1. The maximum atomic E-state index is 5.95. The Bertz CT molecular complexity index is 1100. The fourth-order valence-corrected chi connectivity index (χ4v) is 4.02. The van der Waals surface area contributed by atoms with Crippen LogP contribution in [0.5, 0.6) is 5.75 Å². The van der Waals surface area contributed by atoms with Crippen LogP contribution in [-0.2, 0) is 13.2 Å². The molecule has 0 fully saturated rings. The molecular formula is C25H27N5OS. The predicted molar refractivity (Wildman–Crippen MR) is 128 cm³/mol. The Morgan fingerprint density at radius 1 is 0.938 bits per heavy atom. The first-order chi connectivity index (χ1) is 15.8. The third-order valence-electron chi connectivity index (χ3n) is 4.92. The minimum atomic E-state index is 0.580. The minimum absolute atomic E-state index is 0.580. The Hall–Kier alpha value is -3.16. The van der Waals surface area contributed by atoms with Crippen molar-refractivity contribution in [1.29, 1.82) is 0 Å². The van der Waals surface area contributed by atoms with E-state index in [0.717, 1.165) is 41.9 Å². The molecule has 0 aliphatic rings. The molecule has 0 unspecified atom stereocenters. The molecule has 0 saturated carbocycles. The van der Waals surface area contributed by atoms with Crippen LogP contribution in [0.1, 0.15) is 23.1 Å². The van der Waals surface area contributed by atoms with Crippen LogP contribution < -0.4 is 10.1 Å². The number of rotatable bonds is 11. The van der Waals surface area contributed by atoms with Crippen molar-refractivity contribution >= 4 is 11.8 Å². The predicted octanol–water partition coefficient (Wildman–Crippen LogP) is 4.82. The number of aryl methyl sites for hydroxylation is 1. The standard InChI is InChI=1S/C25H27N5OS/c1-20-11-13-21(14-12-20)19-31-24-10-5-7-22(17-24)18-26-15-6-16-32-25-27-28-29-30(25)23-8-3-2-4-9-23/h2-5,7-14,17,26H,6,15-16,18-19H2,1H3. The van der Waals surface area contributed by atoms with E-state index >= 15 is 0 Å². The second-order valence-corrected chi connectivity index (χ2v) is 8.57. The van der Waals surface area contributed by atoms with Gasteiger partial charge in [-0.2, -0.15) is 4.68 Å². The first-order valence-corrected chi connectivity index (χ1v) is 11.7. The van der Waals surface area contributed by atoms with Gasteiger partial charge >= 0.3 is 0 Å². The average molecular weight is 446 g/mol. The Balaban J connectivity index is 1.17. The summed E-state index contributed by atoms with van der Waals surface area (Å²) in [6.45, 7) is 4.41. The number of tetrazole rings is 1. The van der Waals surface area contributed by atoms with Gasteiger partial charge in [0.2, 0.25) is 5.16 Å². The molecule has 0 atom stereocenters. The van der Waals surface area contributed by atoms with Gasteiger partial charge in [-0.3, -0.25) is 0 Å². The van der Waals surface area contributed by atoms with Crippen molar-refractivity contribution in [2.75, 3.05) is 12.3 Å². The molecule has 32 heavy (non-hydrogen) atoms. The molecule has 4 aromatic rings. The van der Waals surface area contributed by atoms with E-state index in [9.17, 15) is 0 Å². The molecule has 0 aliphatic carbocycles. The zero-order valence-corrected chi connectivity index (χ0v) is 19.0. The maximum Gasteiger partial charge on any atom is 0.214 e. The Kier molecular flexibility index (Phi) is 7.89. The summed E-state index contributed by atoms with van der Waals surface area (Å²) in [6, 6.07) is 26.7. The molecule has 3 aromatic carbocycles. The normalized spacial score (nSPS) is 10.9. The van der Waals surface area contributed by atoms with Gasteiger partial charge in [0.05, 0.1) is 5.69 Å². The summed E-state index contributed by atoms with van der Waals surface area (Å²) >= 11 is 1.67. The van der Waals surface area contributed by atoms with Crippen molar-refractivity contribution in [2.45, 2.75) is 31.7 Å². The van der Waals surface area contributed by atoms with E-state index in [-0.39, 0.29) is 0 Å².